The van der Waals surface area contributed by atoms with Crippen LogP contribution in [0.3, 0.4) is 0 Å². The van der Waals surface area contributed by atoms with Gasteiger partial charge in [-0.05, 0) is 47.7 Å². The predicted octanol–water partition coefficient (Wildman–Crippen LogP) is 8.25. The molecule has 3 heteroatoms. The summed E-state index contributed by atoms with van der Waals surface area (Å²) in [6, 6.07) is 68.4. The van der Waals surface area contributed by atoms with E-state index < -0.39 is 24.2 Å². The molecule has 0 radical (unpaired) electrons. The van der Waals surface area contributed by atoms with Crippen molar-refractivity contribution in [1.82, 2.24) is 0 Å². The molecule has 0 amide bonds. The van der Waals surface area contributed by atoms with Crippen molar-refractivity contribution in [2.75, 3.05) is 0 Å². The maximum absolute atomic E-state index is 4.75. The summed E-state index contributed by atoms with van der Waals surface area (Å²) in [6.07, 6.45) is 3.39. The molecule has 1 aliphatic rings. The van der Waals surface area contributed by atoms with Gasteiger partial charge in [0, 0.05) is 0 Å². The van der Waals surface area contributed by atoms with Crippen LogP contribution in [0, 0.1) is 0 Å². The molecule has 51 heavy (non-hydrogen) atoms. The molecule has 0 atom stereocenters. The molecule has 7 rings (SSSR count). The Bertz CT molecular complexity index is 1660. The van der Waals surface area contributed by atoms with Crippen LogP contribution in [-0.2, 0) is 0 Å². The average molecular weight is 709 g/mol. The first-order valence-electron chi connectivity index (χ1n) is 18.4. The van der Waals surface area contributed by atoms with Gasteiger partial charge < -0.3 is 0 Å². The van der Waals surface area contributed by atoms with Gasteiger partial charge in [0.1, 0.15) is 24.2 Å². The Morgan fingerprint density at radius 1 is 0.294 bits per heavy atom. The third-order valence-corrected chi connectivity index (χ3v) is 27.1. The second-order valence-corrected chi connectivity index (χ2v) is 26.6. The van der Waals surface area contributed by atoms with Gasteiger partial charge in [-0.1, -0.05) is 218 Å². The van der Waals surface area contributed by atoms with Crippen molar-refractivity contribution >= 4 is 55.3 Å². The van der Waals surface area contributed by atoms with Crippen LogP contribution in [0.25, 0.3) is 0 Å². The molecule has 0 spiro atoms. The van der Waals surface area contributed by atoms with E-state index in [1.54, 1.807) is 0 Å². The van der Waals surface area contributed by atoms with E-state index in [1.165, 1.54) is 31.1 Å². The van der Waals surface area contributed by atoms with Crippen molar-refractivity contribution in [3.63, 3.8) is 0 Å². The molecule has 0 aliphatic heterocycles. The van der Waals surface area contributed by atoms with E-state index in [0.29, 0.717) is 16.6 Å². The van der Waals surface area contributed by atoms with Gasteiger partial charge in [-0.3, -0.25) is 0 Å². The van der Waals surface area contributed by atoms with Crippen LogP contribution in [0.2, 0.25) is 16.6 Å². The summed E-state index contributed by atoms with van der Waals surface area (Å²) in [5, 5.41) is 8.70. The second-order valence-electron chi connectivity index (χ2n) is 14.2. The fraction of sp³-hybridized carbons (Fsp3) is 0.125. The van der Waals surface area contributed by atoms with E-state index in [2.05, 4.69) is 199 Å². The van der Waals surface area contributed by atoms with Gasteiger partial charge in [0.15, 0.2) is 0 Å². The van der Waals surface area contributed by atoms with Crippen molar-refractivity contribution in [3.8, 4) is 0 Å². The van der Waals surface area contributed by atoms with Gasteiger partial charge in [-0.15, -0.1) is 19.7 Å². The Labute approximate surface area is 308 Å². The third-order valence-electron chi connectivity index (χ3n) is 12.1. The molecule has 1 fully saturated rings. The van der Waals surface area contributed by atoms with Gasteiger partial charge >= 0.3 is 0 Å². The first-order chi connectivity index (χ1) is 25.1. The lowest BCUT2D eigenvalue weighted by Crippen LogP contribution is -2.68. The minimum absolute atomic E-state index is 0.419. The molecule has 1 aliphatic carbocycles. The Kier molecular flexibility index (Phi) is 10.3. The van der Waals surface area contributed by atoms with Crippen LogP contribution >= 0.6 is 0 Å². The Morgan fingerprint density at radius 2 is 0.451 bits per heavy atom. The number of rotatable bonds is 12. The lowest BCUT2D eigenvalue weighted by atomic mass is 9.98. The highest BCUT2D eigenvalue weighted by molar-refractivity contribution is 7.10. The summed E-state index contributed by atoms with van der Waals surface area (Å²) in [5.74, 6) is 0. The summed E-state index contributed by atoms with van der Waals surface area (Å²) in [5.41, 5.74) is 8.52. The van der Waals surface area contributed by atoms with E-state index in [1.807, 2.05) is 0 Å². The number of hydrogen-bond donors (Lipinski definition) is 0. The van der Waals surface area contributed by atoms with Crippen molar-refractivity contribution in [2.24, 2.45) is 0 Å². The molecule has 0 heterocycles. The molecule has 0 nitrogen and oxygen atoms in total. The van der Waals surface area contributed by atoms with Gasteiger partial charge in [-0.25, -0.2) is 0 Å². The summed E-state index contributed by atoms with van der Waals surface area (Å²) in [6.45, 7) is 14.3. The molecule has 0 aromatic heterocycles. The highest BCUT2D eigenvalue weighted by Gasteiger charge is 2.56. The second kappa shape index (κ2) is 15.2. The monoisotopic (exact) mass is 708 g/mol. The average Bonchev–Trinajstić information content (AvgIpc) is 3.22. The molecular formula is C48H48Si3. The first kappa shape index (κ1) is 34.6. The van der Waals surface area contributed by atoms with Gasteiger partial charge in [0.25, 0.3) is 0 Å². The largest absolute Gasteiger partial charge is 0.143 e. The molecular weight excluding hydrogens is 661 g/mol. The molecule has 0 N–H and O–H groups in total. The molecule has 252 valence electrons. The molecule has 6 aromatic rings. The quantitative estimate of drug-likeness (QED) is 0.112. The zero-order valence-corrected chi connectivity index (χ0v) is 32.5. The summed E-state index contributed by atoms with van der Waals surface area (Å²) >= 11 is 0. The highest BCUT2D eigenvalue weighted by Crippen LogP contribution is 2.54. The van der Waals surface area contributed by atoms with Gasteiger partial charge in [0.2, 0.25) is 0 Å². The van der Waals surface area contributed by atoms with Crippen molar-refractivity contribution in [1.29, 1.82) is 0 Å². The van der Waals surface area contributed by atoms with E-state index in [4.69, 9.17) is 19.7 Å². The van der Waals surface area contributed by atoms with Crippen molar-refractivity contribution in [2.45, 2.75) is 35.9 Å². The van der Waals surface area contributed by atoms with Crippen LogP contribution in [-0.4, -0.2) is 24.2 Å². The molecule has 6 aromatic carbocycles. The summed E-state index contributed by atoms with van der Waals surface area (Å²) in [7, 11) is -7.65. The number of hydrogen-bond acceptors (Lipinski definition) is 0. The zero-order chi connectivity index (χ0) is 35.2. The van der Waals surface area contributed by atoms with E-state index in [-0.39, 0.29) is 0 Å². The summed E-state index contributed by atoms with van der Waals surface area (Å²) in [4.78, 5) is 0. The predicted molar refractivity (Wildman–Crippen MR) is 229 cm³/mol. The van der Waals surface area contributed by atoms with Gasteiger partial charge in [-0.2, -0.15) is 0 Å². The molecule has 0 bridgehead atoms. The van der Waals surface area contributed by atoms with Crippen molar-refractivity contribution in [3.05, 3.63) is 219 Å². The Morgan fingerprint density at radius 3 is 0.588 bits per heavy atom. The molecule has 0 unspecified atom stereocenters. The van der Waals surface area contributed by atoms with E-state index in [9.17, 15) is 0 Å². The Hall–Kier alpha value is -4.81. The van der Waals surface area contributed by atoms with Crippen LogP contribution < -0.4 is 31.1 Å². The van der Waals surface area contributed by atoms with Crippen LogP contribution in [0.1, 0.15) is 19.3 Å². The normalized spacial score (nSPS) is 18.0. The van der Waals surface area contributed by atoms with E-state index in [0.717, 1.165) is 19.3 Å². The van der Waals surface area contributed by atoms with Crippen molar-refractivity contribution < 1.29 is 0 Å². The summed E-state index contributed by atoms with van der Waals surface area (Å²) < 4.78 is 0. The van der Waals surface area contributed by atoms with Crippen LogP contribution in [0.15, 0.2) is 219 Å². The Balaban J connectivity index is 1.54. The number of benzene rings is 6. The van der Waals surface area contributed by atoms with E-state index >= 15 is 0 Å². The lowest BCUT2D eigenvalue weighted by Gasteiger charge is -2.53. The van der Waals surface area contributed by atoms with Crippen LogP contribution in [0.5, 0.6) is 0 Å². The third kappa shape index (κ3) is 6.03. The zero-order valence-electron chi connectivity index (χ0n) is 29.5. The minimum atomic E-state index is -2.55. The lowest BCUT2D eigenvalue weighted by molar-refractivity contribution is 0.482. The molecule has 0 saturated heterocycles. The maximum Gasteiger partial charge on any atom is 0.143 e. The fourth-order valence-corrected chi connectivity index (χ4v) is 25.2. The minimum Gasteiger partial charge on any atom is -0.106 e. The first-order valence-corrected chi connectivity index (χ1v) is 24.8. The highest BCUT2D eigenvalue weighted by atomic mass is 28.3. The molecule has 1 saturated carbocycles. The fourth-order valence-electron chi connectivity index (χ4n) is 9.84. The SMILES string of the molecule is C=C[Si](c1ccccc1)(c1ccccc1)C1CC([Si](C=C)(c2ccccc2)c2ccccc2)CC([Si](C=C)(c2ccccc2)c2ccccc2)C1. The van der Waals surface area contributed by atoms with Crippen LogP contribution in [0.4, 0.5) is 0 Å². The maximum atomic E-state index is 4.75. The smallest absolute Gasteiger partial charge is 0.106 e. The topological polar surface area (TPSA) is 0 Å². The standard InChI is InChI=1S/C48H48Si3/c1-4-49(40-25-13-7-14-26-40,41-27-15-8-16-28-41)46-37-47(50(5-2,42-29-17-9-18-30-42)43-31-19-10-20-32-43)39-48(38-46)51(6-3,44-33-21-11-22-34-44)45-35-23-12-24-36-45/h4-36,46-48H,1-3,37-39H2. The van der Waals surface area contributed by atoms with Gasteiger partial charge in [0.05, 0.1) is 0 Å².